The number of carbonyl (C=O) groups excluding carboxylic acids is 1. The summed E-state index contributed by atoms with van der Waals surface area (Å²) in [5, 5.41) is 2.93. The monoisotopic (exact) mass is 420 g/mol. The van der Waals surface area contributed by atoms with Gasteiger partial charge in [-0.25, -0.2) is 8.42 Å². The fraction of sp³-hybridized carbons (Fsp3) is 0.381. The molecule has 0 aliphatic heterocycles. The molecule has 1 atom stereocenters. The molecule has 0 saturated carbocycles. The van der Waals surface area contributed by atoms with Gasteiger partial charge in [0.1, 0.15) is 0 Å². The van der Waals surface area contributed by atoms with E-state index in [4.69, 9.17) is 9.47 Å². The summed E-state index contributed by atoms with van der Waals surface area (Å²) >= 11 is 0. The minimum absolute atomic E-state index is 0.0767. The van der Waals surface area contributed by atoms with Gasteiger partial charge in [0.05, 0.1) is 24.8 Å². The van der Waals surface area contributed by atoms with E-state index in [1.54, 1.807) is 30.3 Å². The molecule has 0 spiro atoms. The largest absolute Gasteiger partial charge is 0.493 e. The van der Waals surface area contributed by atoms with Gasteiger partial charge < -0.3 is 14.8 Å². The minimum Gasteiger partial charge on any atom is -0.493 e. The Bertz CT molecular complexity index is 942. The first-order valence-electron chi connectivity index (χ1n) is 9.36. The van der Waals surface area contributed by atoms with Gasteiger partial charge in [0.2, 0.25) is 0 Å². The summed E-state index contributed by atoms with van der Waals surface area (Å²) < 4.78 is 37.5. The number of ether oxygens (including phenoxy) is 2. The standard InChI is InChI=1S/C21H28N2O5S/c1-6-7-15(2)22-21(24)16-8-10-17(11-9-16)23(3)29(25,26)18-12-13-19(27-4)20(14-18)28-5/h8-15H,6-7H2,1-5H3,(H,22,24). The number of amides is 1. The van der Waals surface area contributed by atoms with Gasteiger partial charge in [-0.1, -0.05) is 13.3 Å². The van der Waals surface area contributed by atoms with E-state index in [-0.39, 0.29) is 16.8 Å². The fourth-order valence-corrected chi connectivity index (χ4v) is 4.12. The lowest BCUT2D eigenvalue weighted by molar-refractivity contribution is 0.0938. The van der Waals surface area contributed by atoms with Gasteiger partial charge in [-0.2, -0.15) is 0 Å². The molecule has 0 fully saturated rings. The van der Waals surface area contributed by atoms with Crippen LogP contribution in [0.1, 0.15) is 37.0 Å². The van der Waals surface area contributed by atoms with Crippen LogP contribution in [0.3, 0.4) is 0 Å². The van der Waals surface area contributed by atoms with E-state index in [1.165, 1.54) is 33.4 Å². The molecule has 0 aromatic heterocycles. The summed E-state index contributed by atoms with van der Waals surface area (Å²) in [6, 6.07) is 11.0. The van der Waals surface area contributed by atoms with Crippen LogP contribution in [-0.4, -0.2) is 41.6 Å². The van der Waals surface area contributed by atoms with Crippen LogP contribution in [0.2, 0.25) is 0 Å². The first-order valence-corrected chi connectivity index (χ1v) is 10.8. The molecule has 1 unspecified atom stereocenters. The SMILES string of the molecule is CCCC(C)NC(=O)c1ccc(N(C)S(=O)(=O)c2ccc(OC)c(OC)c2)cc1. The summed E-state index contributed by atoms with van der Waals surface area (Å²) in [6.07, 6.45) is 1.88. The van der Waals surface area contributed by atoms with E-state index in [0.717, 1.165) is 17.1 Å². The summed E-state index contributed by atoms with van der Waals surface area (Å²) in [7, 11) is 0.583. The summed E-state index contributed by atoms with van der Waals surface area (Å²) in [6.45, 7) is 4.02. The second kappa shape index (κ2) is 9.65. The average molecular weight is 421 g/mol. The zero-order valence-corrected chi connectivity index (χ0v) is 18.2. The maximum atomic E-state index is 13.0. The highest BCUT2D eigenvalue weighted by Gasteiger charge is 2.23. The quantitative estimate of drug-likeness (QED) is 0.672. The Morgan fingerprint density at radius 2 is 1.69 bits per heavy atom. The summed E-state index contributed by atoms with van der Waals surface area (Å²) in [5.41, 5.74) is 0.923. The van der Waals surface area contributed by atoms with Crippen LogP contribution < -0.4 is 19.1 Å². The molecule has 0 radical (unpaired) electrons. The number of benzene rings is 2. The lowest BCUT2D eigenvalue weighted by Gasteiger charge is -2.20. The van der Waals surface area contributed by atoms with Gasteiger partial charge in [-0.15, -0.1) is 0 Å². The molecule has 2 aromatic carbocycles. The first-order chi connectivity index (χ1) is 13.7. The van der Waals surface area contributed by atoms with E-state index in [0.29, 0.717) is 22.7 Å². The molecule has 8 heteroatoms. The number of rotatable bonds is 9. The molecular formula is C21H28N2O5S. The van der Waals surface area contributed by atoms with Crippen molar-refractivity contribution in [3.63, 3.8) is 0 Å². The minimum atomic E-state index is -3.81. The van der Waals surface area contributed by atoms with Gasteiger partial charge in [0.25, 0.3) is 15.9 Å². The number of nitrogens with zero attached hydrogens (tertiary/aromatic N) is 1. The van der Waals surface area contributed by atoms with E-state index in [2.05, 4.69) is 12.2 Å². The second-order valence-corrected chi connectivity index (χ2v) is 8.67. The van der Waals surface area contributed by atoms with Gasteiger partial charge in [-0.3, -0.25) is 9.10 Å². The van der Waals surface area contributed by atoms with Crippen LogP contribution >= 0.6 is 0 Å². The first kappa shape index (κ1) is 22.5. The lowest BCUT2D eigenvalue weighted by Crippen LogP contribution is -2.32. The molecule has 0 aliphatic carbocycles. The van der Waals surface area contributed by atoms with Crippen molar-refractivity contribution in [2.24, 2.45) is 0 Å². The Morgan fingerprint density at radius 1 is 1.07 bits per heavy atom. The highest BCUT2D eigenvalue weighted by molar-refractivity contribution is 7.92. The van der Waals surface area contributed by atoms with Crippen LogP contribution in [-0.2, 0) is 10.0 Å². The number of hydrogen-bond donors (Lipinski definition) is 1. The van der Waals surface area contributed by atoms with Crippen LogP contribution in [0.25, 0.3) is 0 Å². The van der Waals surface area contributed by atoms with Crippen molar-refractivity contribution in [3.05, 3.63) is 48.0 Å². The number of anilines is 1. The molecule has 2 rings (SSSR count). The molecule has 0 bridgehead atoms. The van der Waals surface area contributed by atoms with Crippen molar-refractivity contribution in [1.29, 1.82) is 0 Å². The topological polar surface area (TPSA) is 84.9 Å². The number of hydrogen-bond acceptors (Lipinski definition) is 5. The number of carbonyl (C=O) groups is 1. The smallest absolute Gasteiger partial charge is 0.264 e. The fourth-order valence-electron chi connectivity index (χ4n) is 2.91. The van der Waals surface area contributed by atoms with Gasteiger partial charge >= 0.3 is 0 Å². The highest BCUT2D eigenvalue weighted by Crippen LogP contribution is 2.31. The normalized spacial score (nSPS) is 12.2. The van der Waals surface area contributed by atoms with E-state index in [9.17, 15) is 13.2 Å². The van der Waals surface area contributed by atoms with Crippen LogP contribution in [0.5, 0.6) is 11.5 Å². The average Bonchev–Trinajstić information content (AvgIpc) is 2.72. The Kier molecular flexibility index (Phi) is 7.50. The number of methoxy groups -OCH3 is 2. The van der Waals surface area contributed by atoms with Crippen LogP contribution in [0, 0.1) is 0 Å². The zero-order chi connectivity index (χ0) is 21.6. The van der Waals surface area contributed by atoms with Crippen molar-refractivity contribution < 1.29 is 22.7 Å². The third kappa shape index (κ3) is 5.20. The zero-order valence-electron chi connectivity index (χ0n) is 17.4. The summed E-state index contributed by atoms with van der Waals surface area (Å²) in [5.74, 6) is 0.597. The van der Waals surface area contributed by atoms with E-state index >= 15 is 0 Å². The van der Waals surface area contributed by atoms with Crippen molar-refractivity contribution in [1.82, 2.24) is 5.32 Å². The molecule has 2 aromatic rings. The third-order valence-corrected chi connectivity index (χ3v) is 6.39. The molecule has 158 valence electrons. The highest BCUT2D eigenvalue weighted by atomic mass is 32.2. The predicted molar refractivity (Wildman–Crippen MR) is 113 cm³/mol. The molecule has 0 saturated heterocycles. The predicted octanol–water partition coefficient (Wildman–Crippen LogP) is 3.45. The maximum absolute atomic E-state index is 13.0. The Morgan fingerprint density at radius 3 is 2.24 bits per heavy atom. The van der Waals surface area contributed by atoms with Gasteiger partial charge in [-0.05, 0) is 49.7 Å². The van der Waals surface area contributed by atoms with Crippen LogP contribution in [0.15, 0.2) is 47.4 Å². The molecule has 29 heavy (non-hydrogen) atoms. The molecule has 1 N–H and O–H groups in total. The van der Waals surface area contributed by atoms with Crippen molar-refractivity contribution in [3.8, 4) is 11.5 Å². The Labute approximate surface area is 172 Å². The Hall–Kier alpha value is -2.74. The van der Waals surface area contributed by atoms with Crippen molar-refractivity contribution in [2.75, 3.05) is 25.6 Å². The van der Waals surface area contributed by atoms with Gasteiger partial charge in [0, 0.05) is 24.7 Å². The molecule has 0 aliphatic rings. The van der Waals surface area contributed by atoms with E-state index < -0.39 is 10.0 Å². The molecule has 7 nitrogen and oxygen atoms in total. The lowest BCUT2D eigenvalue weighted by atomic mass is 10.1. The molecule has 0 heterocycles. The number of sulfonamides is 1. The van der Waals surface area contributed by atoms with Crippen molar-refractivity contribution >= 4 is 21.6 Å². The molecule has 1 amide bonds. The van der Waals surface area contributed by atoms with Crippen LogP contribution in [0.4, 0.5) is 5.69 Å². The molecular weight excluding hydrogens is 392 g/mol. The second-order valence-electron chi connectivity index (χ2n) is 6.70. The Balaban J connectivity index is 2.23. The number of nitrogens with one attached hydrogen (secondary N) is 1. The maximum Gasteiger partial charge on any atom is 0.264 e. The summed E-state index contributed by atoms with van der Waals surface area (Å²) in [4.78, 5) is 12.4. The van der Waals surface area contributed by atoms with Gasteiger partial charge in [0.15, 0.2) is 11.5 Å². The third-order valence-electron chi connectivity index (χ3n) is 4.61. The van der Waals surface area contributed by atoms with Crippen molar-refractivity contribution in [2.45, 2.75) is 37.6 Å². The van der Waals surface area contributed by atoms with E-state index in [1.807, 2.05) is 6.92 Å².